The van der Waals surface area contributed by atoms with Crippen molar-refractivity contribution in [2.24, 2.45) is 0 Å². The van der Waals surface area contributed by atoms with Crippen LogP contribution in [0, 0.1) is 0 Å². The Morgan fingerprint density at radius 1 is 0.966 bits per heavy atom. The molecule has 2 aromatic heterocycles. The van der Waals surface area contributed by atoms with E-state index >= 15 is 0 Å². The van der Waals surface area contributed by atoms with Crippen LogP contribution in [0.5, 0.6) is 0 Å². The molecule has 0 aliphatic carbocycles. The first-order valence-electron chi connectivity index (χ1n) is 9.89. The summed E-state index contributed by atoms with van der Waals surface area (Å²) in [5.74, 6) is 0.574. The molecule has 1 aromatic carbocycles. The van der Waals surface area contributed by atoms with Gasteiger partial charge in [-0.05, 0) is 61.2 Å². The zero-order chi connectivity index (χ0) is 20.1. The molecule has 1 aliphatic heterocycles. The average Bonchev–Trinajstić information content (AvgIpc) is 2.78. The molecule has 1 saturated heterocycles. The predicted octanol–water partition coefficient (Wildman–Crippen LogP) is 4.96. The van der Waals surface area contributed by atoms with Crippen molar-refractivity contribution in [2.45, 2.75) is 25.3 Å². The van der Waals surface area contributed by atoms with Crippen molar-refractivity contribution in [3.05, 3.63) is 88.8 Å². The minimum Gasteiger partial charge on any atom is -0.357 e. The molecule has 0 bridgehead atoms. The second-order valence-corrected chi connectivity index (χ2v) is 7.58. The van der Waals surface area contributed by atoms with E-state index in [1.807, 2.05) is 53.4 Å². The molecule has 1 unspecified atom stereocenters. The van der Waals surface area contributed by atoms with Crippen molar-refractivity contribution in [3.63, 3.8) is 0 Å². The zero-order valence-electron chi connectivity index (χ0n) is 16.1. The molecule has 148 valence electrons. The number of pyridine rings is 2. The highest BCUT2D eigenvalue weighted by molar-refractivity contribution is 6.30. The van der Waals surface area contributed by atoms with E-state index in [1.165, 1.54) is 6.42 Å². The first kappa shape index (κ1) is 19.4. The molecule has 1 atom stereocenters. The highest BCUT2D eigenvalue weighted by Gasteiger charge is 2.24. The number of nitrogens with one attached hydrogen (secondary N) is 1. The lowest BCUT2D eigenvalue weighted by atomic mass is 10.0. The van der Waals surface area contributed by atoms with Crippen LogP contribution in [-0.2, 0) is 0 Å². The zero-order valence-corrected chi connectivity index (χ0v) is 16.8. The van der Waals surface area contributed by atoms with Gasteiger partial charge in [0.1, 0.15) is 5.82 Å². The highest BCUT2D eigenvalue weighted by Crippen LogP contribution is 2.28. The lowest BCUT2D eigenvalue weighted by Gasteiger charge is -2.28. The third-order valence-electron chi connectivity index (χ3n) is 5.13. The van der Waals surface area contributed by atoms with E-state index < -0.39 is 0 Å². The molecule has 1 amide bonds. The first-order chi connectivity index (χ1) is 14.2. The van der Waals surface area contributed by atoms with Crippen LogP contribution in [0.1, 0.15) is 46.9 Å². The number of piperidine rings is 1. The molecule has 6 heteroatoms. The fraction of sp³-hybridized carbons (Fsp3) is 0.261. The van der Waals surface area contributed by atoms with E-state index in [0.717, 1.165) is 37.2 Å². The molecule has 1 N–H and O–H groups in total. The molecule has 4 rings (SSSR count). The largest absolute Gasteiger partial charge is 0.357 e. The molecule has 0 spiro atoms. The quantitative estimate of drug-likeness (QED) is 0.650. The van der Waals surface area contributed by atoms with Crippen LogP contribution < -0.4 is 5.32 Å². The monoisotopic (exact) mass is 406 g/mol. The maximum atomic E-state index is 13.1. The number of rotatable bonds is 5. The van der Waals surface area contributed by atoms with Crippen molar-refractivity contribution in [1.82, 2.24) is 14.9 Å². The summed E-state index contributed by atoms with van der Waals surface area (Å²) >= 11 is 6.24. The van der Waals surface area contributed by atoms with Gasteiger partial charge in [0.15, 0.2) is 0 Å². The third-order valence-corrected chi connectivity index (χ3v) is 5.36. The third kappa shape index (κ3) is 4.57. The average molecular weight is 407 g/mol. The fourth-order valence-corrected chi connectivity index (χ4v) is 3.86. The van der Waals surface area contributed by atoms with E-state index in [0.29, 0.717) is 16.4 Å². The van der Waals surface area contributed by atoms with Gasteiger partial charge in [-0.3, -0.25) is 9.78 Å². The van der Waals surface area contributed by atoms with E-state index in [9.17, 15) is 4.79 Å². The summed E-state index contributed by atoms with van der Waals surface area (Å²) in [4.78, 5) is 24.1. The van der Waals surface area contributed by atoms with Crippen LogP contribution in [0.3, 0.4) is 0 Å². The summed E-state index contributed by atoms with van der Waals surface area (Å²) in [7, 11) is 0. The number of hydrogen-bond donors (Lipinski definition) is 1. The maximum absolute atomic E-state index is 13.1. The van der Waals surface area contributed by atoms with Gasteiger partial charge in [0.2, 0.25) is 0 Å². The molecule has 0 radical (unpaired) electrons. The number of anilines is 1. The molecule has 5 nitrogen and oxygen atoms in total. The first-order valence-corrected chi connectivity index (χ1v) is 10.3. The number of likely N-dealkylation sites (tertiary alicyclic amines) is 1. The molecular weight excluding hydrogens is 384 g/mol. The van der Waals surface area contributed by atoms with Crippen LogP contribution >= 0.6 is 11.6 Å². The molecule has 3 heterocycles. The summed E-state index contributed by atoms with van der Waals surface area (Å²) in [5.41, 5.74) is 2.37. The number of carbonyl (C=O) groups excluding carboxylic acids is 1. The van der Waals surface area contributed by atoms with Crippen molar-refractivity contribution in [1.29, 1.82) is 0 Å². The van der Waals surface area contributed by atoms with Crippen molar-refractivity contribution >= 4 is 23.3 Å². The Labute approximate surface area is 175 Å². The van der Waals surface area contributed by atoms with Crippen molar-refractivity contribution in [3.8, 4) is 0 Å². The lowest BCUT2D eigenvalue weighted by molar-refractivity contribution is 0.0725. The van der Waals surface area contributed by atoms with Gasteiger partial charge in [0, 0.05) is 30.5 Å². The number of halogens is 1. The van der Waals surface area contributed by atoms with Crippen LogP contribution in [0.4, 0.5) is 5.82 Å². The number of amides is 1. The molecule has 29 heavy (non-hydrogen) atoms. The Morgan fingerprint density at radius 3 is 2.55 bits per heavy atom. The minimum absolute atomic E-state index is 0.0196. The summed E-state index contributed by atoms with van der Waals surface area (Å²) in [6.07, 6.45) is 6.73. The number of benzene rings is 1. The summed E-state index contributed by atoms with van der Waals surface area (Å²) in [6.45, 7) is 1.59. The van der Waals surface area contributed by atoms with E-state index in [2.05, 4.69) is 15.3 Å². The summed E-state index contributed by atoms with van der Waals surface area (Å²) < 4.78 is 0. The Kier molecular flexibility index (Phi) is 6.06. The second kappa shape index (κ2) is 9.05. The Morgan fingerprint density at radius 2 is 1.79 bits per heavy atom. The van der Waals surface area contributed by atoms with Gasteiger partial charge >= 0.3 is 0 Å². The fourth-order valence-electron chi connectivity index (χ4n) is 3.66. The van der Waals surface area contributed by atoms with Crippen LogP contribution in [-0.4, -0.2) is 33.9 Å². The van der Waals surface area contributed by atoms with Crippen LogP contribution in [0.2, 0.25) is 5.02 Å². The molecule has 1 aliphatic rings. The molecule has 0 saturated carbocycles. The molecular formula is C23H23ClN4O. The summed E-state index contributed by atoms with van der Waals surface area (Å²) in [5, 5.41) is 4.10. The predicted molar refractivity (Wildman–Crippen MR) is 115 cm³/mol. The van der Waals surface area contributed by atoms with Gasteiger partial charge in [-0.25, -0.2) is 4.98 Å². The van der Waals surface area contributed by atoms with Gasteiger partial charge in [-0.2, -0.15) is 0 Å². The number of hydrogen-bond acceptors (Lipinski definition) is 4. The van der Waals surface area contributed by atoms with Gasteiger partial charge in [-0.1, -0.05) is 29.8 Å². The Bertz CT molecular complexity index is 973. The standard InChI is InChI=1S/C23H23ClN4O/c24-18-9-6-8-17(16-18)21(20-11-2-3-12-25-20)27-22-19(10-7-13-26-22)23(29)28-14-4-1-5-15-28/h2-3,6-13,16,21H,1,4-5,14-15H2,(H,26,27). The number of aromatic nitrogens is 2. The second-order valence-electron chi connectivity index (χ2n) is 7.14. The SMILES string of the molecule is O=C(c1cccnc1NC(c1cccc(Cl)c1)c1ccccn1)N1CCCCC1. The smallest absolute Gasteiger partial charge is 0.257 e. The Hall–Kier alpha value is -2.92. The topological polar surface area (TPSA) is 58.1 Å². The van der Waals surface area contributed by atoms with Gasteiger partial charge < -0.3 is 10.2 Å². The van der Waals surface area contributed by atoms with E-state index in [4.69, 9.17) is 11.6 Å². The summed E-state index contributed by atoms with van der Waals surface area (Å²) in [6, 6.07) is 16.8. The van der Waals surface area contributed by atoms with Gasteiger partial charge in [0.25, 0.3) is 5.91 Å². The van der Waals surface area contributed by atoms with Gasteiger partial charge in [-0.15, -0.1) is 0 Å². The van der Waals surface area contributed by atoms with E-state index in [1.54, 1.807) is 18.5 Å². The lowest BCUT2D eigenvalue weighted by Crippen LogP contribution is -2.36. The van der Waals surface area contributed by atoms with Gasteiger partial charge in [0.05, 0.1) is 17.3 Å². The van der Waals surface area contributed by atoms with Crippen molar-refractivity contribution < 1.29 is 4.79 Å². The normalized spacial score (nSPS) is 15.0. The molecule has 1 fully saturated rings. The minimum atomic E-state index is -0.280. The van der Waals surface area contributed by atoms with E-state index in [-0.39, 0.29) is 11.9 Å². The van der Waals surface area contributed by atoms with Crippen LogP contribution in [0.15, 0.2) is 67.0 Å². The number of carbonyl (C=O) groups is 1. The number of nitrogens with zero attached hydrogens (tertiary/aromatic N) is 3. The highest BCUT2D eigenvalue weighted by atomic mass is 35.5. The Balaban J connectivity index is 1.69. The van der Waals surface area contributed by atoms with Crippen molar-refractivity contribution in [2.75, 3.05) is 18.4 Å². The maximum Gasteiger partial charge on any atom is 0.257 e. The van der Waals surface area contributed by atoms with Crippen LogP contribution in [0.25, 0.3) is 0 Å². The molecule has 3 aromatic rings.